The Morgan fingerprint density at radius 2 is 1.94 bits per heavy atom. The summed E-state index contributed by atoms with van der Waals surface area (Å²) in [6.45, 7) is 3.75. The lowest BCUT2D eigenvalue weighted by molar-refractivity contribution is 0.0700. The maximum atomic E-state index is 13.4. The van der Waals surface area contributed by atoms with Gasteiger partial charge in [-0.25, -0.2) is 9.40 Å². The second-order valence-electron chi connectivity index (χ2n) is 7.86. The predicted molar refractivity (Wildman–Crippen MR) is 122 cm³/mol. The zero-order chi connectivity index (χ0) is 21.4. The van der Waals surface area contributed by atoms with Crippen molar-refractivity contribution in [2.75, 3.05) is 39.0 Å². The number of piperazine rings is 1. The summed E-state index contributed by atoms with van der Waals surface area (Å²) < 4.78 is 8.12. The minimum Gasteiger partial charge on any atom is -0.492 e. The molecule has 3 aromatic rings. The minimum atomic E-state index is -0.193. The summed E-state index contributed by atoms with van der Waals surface area (Å²) in [6, 6.07) is 11.5. The molecule has 0 spiro atoms. The van der Waals surface area contributed by atoms with E-state index >= 15 is 0 Å². The first kappa shape index (κ1) is 20.1. The molecule has 2 aliphatic rings. The highest BCUT2D eigenvalue weighted by atomic mass is 32.2. The highest BCUT2D eigenvalue weighted by Gasteiger charge is 2.28. The normalized spacial score (nSPS) is 16.4. The monoisotopic (exact) mass is 436 g/mol. The van der Waals surface area contributed by atoms with Gasteiger partial charge in [0.1, 0.15) is 5.75 Å². The molecule has 2 aliphatic heterocycles. The maximum absolute atomic E-state index is 13.4. The molecular formula is C23H24N4O3S. The van der Waals surface area contributed by atoms with Crippen molar-refractivity contribution in [1.29, 1.82) is 0 Å². The Morgan fingerprint density at radius 1 is 1.16 bits per heavy atom. The molecule has 2 aromatic carbocycles. The molecule has 1 saturated heterocycles. The van der Waals surface area contributed by atoms with Crippen LogP contribution in [0.2, 0.25) is 0 Å². The van der Waals surface area contributed by atoms with Crippen LogP contribution in [0.5, 0.6) is 5.75 Å². The molecule has 7 nitrogen and oxygen atoms in total. The largest absolute Gasteiger partial charge is 0.492 e. The summed E-state index contributed by atoms with van der Waals surface area (Å²) in [6.07, 6.45) is 3.39. The molecule has 0 radical (unpaired) electrons. The zero-order valence-electron chi connectivity index (χ0n) is 17.4. The Bertz CT molecular complexity index is 1200. The summed E-state index contributed by atoms with van der Waals surface area (Å²) >= 11 is 1.72. The number of ether oxygens (including phenoxy) is 1. The fourth-order valence-corrected chi connectivity index (χ4v) is 4.91. The molecule has 0 bridgehead atoms. The van der Waals surface area contributed by atoms with Gasteiger partial charge in [0, 0.05) is 44.4 Å². The van der Waals surface area contributed by atoms with Crippen LogP contribution in [0.3, 0.4) is 0 Å². The van der Waals surface area contributed by atoms with Crippen molar-refractivity contribution >= 4 is 28.6 Å². The van der Waals surface area contributed by atoms with E-state index in [1.54, 1.807) is 18.0 Å². The molecular weight excluding hydrogens is 412 g/mol. The van der Waals surface area contributed by atoms with E-state index in [0.717, 1.165) is 47.5 Å². The second kappa shape index (κ2) is 8.36. The Kier molecular flexibility index (Phi) is 5.41. The molecule has 1 amide bonds. The first-order valence-corrected chi connectivity index (χ1v) is 11.7. The summed E-state index contributed by atoms with van der Waals surface area (Å²) in [4.78, 5) is 27.4. The lowest BCUT2D eigenvalue weighted by Gasteiger charge is -2.33. The van der Waals surface area contributed by atoms with Gasteiger partial charge in [0.2, 0.25) is 0 Å². The quantitative estimate of drug-likeness (QED) is 0.633. The molecule has 0 unspecified atom stereocenters. The number of fused-ring (bicyclic) bond motifs is 2. The number of hydrogen-bond acceptors (Lipinski definition) is 6. The van der Waals surface area contributed by atoms with Gasteiger partial charge in [0.15, 0.2) is 0 Å². The van der Waals surface area contributed by atoms with E-state index in [9.17, 15) is 9.59 Å². The van der Waals surface area contributed by atoms with Gasteiger partial charge in [-0.1, -0.05) is 36.2 Å². The number of carbonyl (C=O) groups excluding carboxylic acids is 1. The van der Waals surface area contributed by atoms with Crippen LogP contribution in [-0.2, 0) is 12.8 Å². The lowest BCUT2D eigenvalue weighted by Crippen LogP contribution is -2.46. The van der Waals surface area contributed by atoms with E-state index in [-0.39, 0.29) is 11.5 Å². The standard InChI is InChI=1S/C23H24N4O3S/c1-31-27-9-7-26(8-10-27)23(29)19-13-15(12-16-6-11-30-21(16)19)14-20-17-4-2-3-5-18(17)22(28)25-24-20/h2-5,12-13H,6-11,14H2,1H3,(H,25,28). The van der Waals surface area contributed by atoms with E-state index in [1.165, 1.54) is 0 Å². The predicted octanol–water partition coefficient (Wildman–Crippen LogP) is 2.48. The van der Waals surface area contributed by atoms with Gasteiger partial charge in [0.05, 0.1) is 23.3 Å². The van der Waals surface area contributed by atoms with Crippen LogP contribution in [0.4, 0.5) is 0 Å². The van der Waals surface area contributed by atoms with Crippen molar-refractivity contribution in [1.82, 2.24) is 19.4 Å². The number of nitrogens with one attached hydrogen (secondary N) is 1. The van der Waals surface area contributed by atoms with Gasteiger partial charge in [0.25, 0.3) is 11.5 Å². The third-order valence-corrected chi connectivity index (χ3v) is 6.89. The number of aromatic nitrogens is 2. The summed E-state index contributed by atoms with van der Waals surface area (Å²) in [5, 5.41) is 8.37. The van der Waals surface area contributed by atoms with Gasteiger partial charge in [-0.05, 0) is 29.5 Å². The molecule has 160 valence electrons. The van der Waals surface area contributed by atoms with Gasteiger partial charge in [-0.3, -0.25) is 9.59 Å². The van der Waals surface area contributed by atoms with E-state index in [1.807, 2.05) is 29.2 Å². The number of aromatic amines is 1. The van der Waals surface area contributed by atoms with Crippen LogP contribution >= 0.6 is 11.9 Å². The first-order valence-electron chi connectivity index (χ1n) is 10.5. The molecule has 0 atom stereocenters. The Balaban J connectivity index is 1.49. The van der Waals surface area contributed by atoms with Crippen molar-refractivity contribution in [2.24, 2.45) is 0 Å². The van der Waals surface area contributed by atoms with Gasteiger partial charge >= 0.3 is 0 Å². The van der Waals surface area contributed by atoms with E-state index in [4.69, 9.17) is 4.74 Å². The Hall–Kier alpha value is -2.84. The molecule has 8 heteroatoms. The van der Waals surface area contributed by atoms with Gasteiger partial charge in [-0.2, -0.15) is 5.10 Å². The average molecular weight is 437 g/mol. The smallest absolute Gasteiger partial charge is 0.272 e. The molecule has 0 saturated carbocycles. The third kappa shape index (κ3) is 3.81. The van der Waals surface area contributed by atoms with E-state index < -0.39 is 0 Å². The van der Waals surface area contributed by atoms with Crippen LogP contribution in [0, 0.1) is 0 Å². The average Bonchev–Trinajstić information content (AvgIpc) is 3.29. The van der Waals surface area contributed by atoms with E-state index in [0.29, 0.717) is 37.1 Å². The first-order chi connectivity index (χ1) is 15.1. The maximum Gasteiger partial charge on any atom is 0.272 e. The molecule has 3 heterocycles. The highest BCUT2D eigenvalue weighted by molar-refractivity contribution is 7.96. The molecule has 0 aliphatic carbocycles. The highest BCUT2D eigenvalue weighted by Crippen LogP contribution is 2.33. The molecule has 1 N–H and O–H groups in total. The Labute approximate surface area is 184 Å². The number of rotatable bonds is 4. The fraction of sp³-hybridized carbons (Fsp3) is 0.348. The second-order valence-corrected chi connectivity index (χ2v) is 8.74. The molecule has 31 heavy (non-hydrogen) atoms. The summed E-state index contributed by atoms with van der Waals surface area (Å²) in [5.74, 6) is 0.750. The number of carbonyl (C=O) groups is 1. The molecule has 1 aromatic heterocycles. The van der Waals surface area contributed by atoms with Gasteiger partial charge in [-0.15, -0.1) is 0 Å². The summed E-state index contributed by atoms with van der Waals surface area (Å²) in [7, 11) is 0. The SMILES string of the molecule is CSN1CCN(C(=O)c2cc(Cc3n[nH]c(=O)c4ccccc34)cc3c2OCC3)CC1. The minimum absolute atomic E-state index is 0.0278. The van der Waals surface area contributed by atoms with Crippen LogP contribution in [0.15, 0.2) is 41.2 Å². The van der Waals surface area contributed by atoms with E-state index in [2.05, 4.69) is 26.8 Å². The Morgan fingerprint density at radius 3 is 2.71 bits per heavy atom. The van der Waals surface area contributed by atoms with Crippen LogP contribution in [0.1, 0.15) is 27.2 Å². The summed E-state index contributed by atoms with van der Waals surface area (Å²) in [5.41, 5.74) is 3.30. The topological polar surface area (TPSA) is 78.5 Å². The number of nitrogens with zero attached hydrogens (tertiary/aromatic N) is 3. The van der Waals surface area contributed by atoms with Crippen LogP contribution in [-0.4, -0.2) is 64.4 Å². The molecule has 1 fully saturated rings. The third-order valence-electron chi connectivity index (χ3n) is 6.00. The number of hydrogen-bond donors (Lipinski definition) is 1. The van der Waals surface area contributed by atoms with Crippen molar-refractivity contribution in [3.8, 4) is 5.75 Å². The lowest BCUT2D eigenvalue weighted by atomic mass is 9.98. The van der Waals surface area contributed by atoms with Gasteiger partial charge < -0.3 is 9.64 Å². The van der Waals surface area contributed by atoms with Crippen molar-refractivity contribution in [3.05, 3.63) is 69.1 Å². The molecule has 5 rings (SSSR count). The van der Waals surface area contributed by atoms with Crippen LogP contribution in [0.25, 0.3) is 10.8 Å². The number of amides is 1. The fourth-order valence-electron chi connectivity index (χ4n) is 4.38. The zero-order valence-corrected chi connectivity index (χ0v) is 18.2. The number of H-pyrrole nitrogens is 1. The van der Waals surface area contributed by atoms with Crippen LogP contribution < -0.4 is 10.3 Å². The van der Waals surface area contributed by atoms with Crippen molar-refractivity contribution in [3.63, 3.8) is 0 Å². The van der Waals surface area contributed by atoms with Crippen molar-refractivity contribution in [2.45, 2.75) is 12.8 Å². The van der Waals surface area contributed by atoms with Crippen molar-refractivity contribution < 1.29 is 9.53 Å². The number of benzene rings is 2.